The molecule has 1 aromatic heterocycles. The largest absolute Gasteiger partial charge is 0.493 e. The van der Waals surface area contributed by atoms with Crippen LogP contribution in [0, 0.1) is 0 Å². The van der Waals surface area contributed by atoms with Crippen LogP contribution in [-0.2, 0) is 9.63 Å². The average Bonchev–Trinajstić information content (AvgIpc) is 3.03. The standard InChI is InChI=1S/C19H17BrN4O5/c1-27-15-6-3-11(7-16(15)28-2)9-21-29-10-17(25)23-24-18-13-8-12(20)4-5-14(13)22-19(18)26/h3-9,22,26H,10H2,1-2H3/b21-9-,24-23?. The summed E-state index contributed by atoms with van der Waals surface area (Å²) in [6.07, 6.45) is 1.43. The normalized spacial score (nSPS) is 11.4. The van der Waals surface area contributed by atoms with Crippen LogP contribution < -0.4 is 9.47 Å². The molecule has 10 heteroatoms. The third kappa shape index (κ3) is 4.91. The van der Waals surface area contributed by atoms with Crippen LogP contribution in [0.2, 0.25) is 0 Å². The van der Waals surface area contributed by atoms with Crippen LogP contribution in [0.25, 0.3) is 10.9 Å². The number of hydrogen-bond acceptors (Lipinski definition) is 7. The van der Waals surface area contributed by atoms with E-state index >= 15 is 0 Å². The third-order valence-corrected chi connectivity index (χ3v) is 4.34. The summed E-state index contributed by atoms with van der Waals surface area (Å²) in [6, 6.07) is 10.5. The van der Waals surface area contributed by atoms with Crippen LogP contribution in [0.1, 0.15) is 5.56 Å². The minimum absolute atomic E-state index is 0.170. The number of aromatic hydroxyl groups is 1. The molecule has 0 fully saturated rings. The second kappa shape index (κ2) is 9.20. The molecule has 0 spiro atoms. The van der Waals surface area contributed by atoms with Crippen molar-refractivity contribution in [1.82, 2.24) is 4.98 Å². The molecule has 0 bridgehead atoms. The number of methoxy groups -OCH3 is 2. The van der Waals surface area contributed by atoms with E-state index in [1.54, 1.807) is 37.4 Å². The van der Waals surface area contributed by atoms with Crippen molar-refractivity contribution in [3.63, 3.8) is 0 Å². The van der Waals surface area contributed by atoms with Gasteiger partial charge in [-0.15, -0.1) is 10.2 Å². The van der Waals surface area contributed by atoms with Crippen LogP contribution >= 0.6 is 15.9 Å². The van der Waals surface area contributed by atoms with E-state index in [-0.39, 0.29) is 11.6 Å². The fraction of sp³-hybridized carbons (Fsp3) is 0.158. The van der Waals surface area contributed by atoms with Crippen LogP contribution in [-0.4, -0.2) is 43.0 Å². The van der Waals surface area contributed by atoms with E-state index in [4.69, 9.17) is 14.3 Å². The first-order chi connectivity index (χ1) is 14.0. The Morgan fingerprint density at radius 3 is 2.72 bits per heavy atom. The van der Waals surface area contributed by atoms with Gasteiger partial charge in [0.05, 0.1) is 26.0 Å². The third-order valence-electron chi connectivity index (χ3n) is 3.85. The van der Waals surface area contributed by atoms with Crippen molar-refractivity contribution in [2.75, 3.05) is 20.8 Å². The zero-order valence-corrected chi connectivity index (χ0v) is 17.1. The number of amides is 1. The molecule has 0 radical (unpaired) electrons. The summed E-state index contributed by atoms with van der Waals surface area (Å²) in [4.78, 5) is 19.6. The van der Waals surface area contributed by atoms with E-state index in [0.29, 0.717) is 28.0 Å². The number of oxime groups is 1. The van der Waals surface area contributed by atoms with Crippen molar-refractivity contribution < 1.29 is 24.2 Å². The molecular weight excluding hydrogens is 444 g/mol. The van der Waals surface area contributed by atoms with Crippen LogP contribution in [0.4, 0.5) is 5.69 Å². The van der Waals surface area contributed by atoms with Crippen LogP contribution in [0.15, 0.2) is 56.3 Å². The molecule has 1 heterocycles. The summed E-state index contributed by atoms with van der Waals surface area (Å²) in [5.41, 5.74) is 1.54. The Bertz CT molecular complexity index is 1090. The number of H-pyrrole nitrogens is 1. The van der Waals surface area contributed by atoms with Crippen molar-refractivity contribution in [2.45, 2.75) is 0 Å². The monoisotopic (exact) mass is 460 g/mol. The molecule has 0 atom stereocenters. The Morgan fingerprint density at radius 2 is 1.97 bits per heavy atom. The molecule has 3 aromatic rings. The van der Waals surface area contributed by atoms with Gasteiger partial charge in [-0.1, -0.05) is 21.1 Å². The molecule has 0 saturated heterocycles. The summed E-state index contributed by atoms with van der Waals surface area (Å²) in [5.74, 6) is 0.306. The summed E-state index contributed by atoms with van der Waals surface area (Å²) >= 11 is 3.35. The number of aromatic amines is 1. The van der Waals surface area contributed by atoms with E-state index in [0.717, 1.165) is 4.47 Å². The molecule has 0 aliphatic heterocycles. The summed E-state index contributed by atoms with van der Waals surface area (Å²) in [7, 11) is 3.08. The molecule has 0 saturated carbocycles. The number of fused-ring (bicyclic) bond motifs is 1. The van der Waals surface area contributed by atoms with Gasteiger partial charge < -0.3 is 24.4 Å². The number of nitrogens with zero attached hydrogens (tertiary/aromatic N) is 3. The molecule has 0 aliphatic carbocycles. The lowest BCUT2D eigenvalue weighted by molar-refractivity contribution is -0.122. The number of azo groups is 1. The molecule has 0 aliphatic rings. The topological polar surface area (TPSA) is 118 Å². The van der Waals surface area contributed by atoms with Crippen LogP contribution in [0.5, 0.6) is 17.4 Å². The first-order valence-corrected chi connectivity index (χ1v) is 9.13. The van der Waals surface area contributed by atoms with Crippen molar-refractivity contribution >= 4 is 44.6 Å². The van der Waals surface area contributed by atoms with Gasteiger partial charge in [0.2, 0.25) is 5.88 Å². The lowest BCUT2D eigenvalue weighted by Gasteiger charge is -2.07. The highest BCUT2D eigenvalue weighted by molar-refractivity contribution is 9.10. The SMILES string of the molecule is COc1ccc(/C=N\OCC(=O)N=Nc2c(O)[nH]c3ccc(Br)cc23)cc1OC. The van der Waals surface area contributed by atoms with Gasteiger partial charge in [0.15, 0.2) is 23.8 Å². The van der Waals surface area contributed by atoms with Crippen molar-refractivity contribution in [3.8, 4) is 17.4 Å². The molecule has 3 rings (SSSR count). The first kappa shape index (κ1) is 20.3. The van der Waals surface area contributed by atoms with Gasteiger partial charge >= 0.3 is 5.91 Å². The van der Waals surface area contributed by atoms with Crippen molar-refractivity contribution in [3.05, 3.63) is 46.4 Å². The van der Waals surface area contributed by atoms with Gasteiger partial charge in [-0.2, -0.15) is 0 Å². The zero-order valence-electron chi connectivity index (χ0n) is 15.5. The lowest BCUT2D eigenvalue weighted by Crippen LogP contribution is -2.01. The molecule has 29 heavy (non-hydrogen) atoms. The highest BCUT2D eigenvalue weighted by Crippen LogP contribution is 2.36. The first-order valence-electron chi connectivity index (χ1n) is 8.34. The molecule has 0 unspecified atom stereocenters. The smallest absolute Gasteiger partial charge is 0.304 e. The Kier molecular flexibility index (Phi) is 6.45. The van der Waals surface area contributed by atoms with Gasteiger partial charge in [0.25, 0.3) is 0 Å². The summed E-state index contributed by atoms with van der Waals surface area (Å²) < 4.78 is 11.2. The second-order valence-electron chi connectivity index (χ2n) is 5.73. The molecule has 150 valence electrons. The maximum absolute atomic E-state index is 11.9. The lowest BCUT2D eigenvalue weighted by atomic mass is 10.2. The van der Waals surface area contributed by atoms with Crippen LogP contribution in [0.3, 0.4) is 0 Å². The number of halogens is 1. The highest BCUT2D eigenvalue weighted by atomic mass is 79.9. The maximum Gasteiger partial charge on any atom is 0.304 e. The van der Waals surface area contributed by atoms with E-state index in [1.165, 1.54) is 13.3 Å². The van der Waals surface area contributed by atoms with E-state index in [2.05, 4.69) is 36.3 Å². The Hall–Kier alpha value is -3.40. The Labute approximate surface area is 174 Å². The zero-order chi connectivity index (χ0) is 20.8. The number of hydrogen-bond donors (Lipinski definition) is 2. The predicted octanol–water partition coefficient (Wildman–Crippen LogP) is 4.31. The predicted molar refractivity (Wildman–Crippen MR) is 110 cm³/mol. The molecule has 1 amide bonds. The number of aromatic nitrogens is 1. The second-order valence-corrected chi connectivity index (χ2v) is 6.64. The molecular formula is C19H17BrN4O5. The number of nitrogens with one attached hydrogen (secondary N) is 1. The highest BCUT2D eigenvalue weighted by Gasteiger charge is 2.11. The average molecular weight is 461 g/mol. The minimum atomic E-state index is -0.654. The van der Waals surface area contributed by atoms with Crippen molar-refractivity contribution in [1.29, 1.82) is 0 Å². The van der Waals surface area contributed by atoms with Gasteiger partial charge in [-0.05, 0) is 36.4 Å². The number of carbonyl (C=O) groups is 1. The van der Waals surface area contributed by atoms with E-state index in [9.17, 15) is 9.90 Å². The number of carbonyl (C=O) groups excluding carboxylic acids is 1. The summed E-state index contributed by atoms with van der Waals surface area (Å²) in [5, 5.41) is 21.7. The quantitative estimate of drug-likeness (QED) is 0.309. The van der Waals surface area contributed by atoms with Gasteiger partial charge in [0.1, 0.15) is 0 Å². The molecule has 9 nitrogen and oxygen atoms in total. The Balaban J connectivity index is 1.60. The minimum Gasteiger partial charge on any atom is -0.493 e. The summed E-state index contributed by atoms with van der Waals surface area (Å²) in [6.45, 7) is -0.403. The number of ether oxygens (including phenoxy) is 2. The fourth-order valence-corrected chi connectivity index (χ4v) is 2.86. The van der Waals surface area contributed by atoms with Gasteiger partial charge in [-0.3, -0.25) is 4.79 Å². The maximum atomic E-state index is 11.9. The number of benzene rings is 2. The molecule has 2 N–H and O–H groups in total. The van der Waals surface area contributed by atoms with Gasteiger partial charge in [-0.25, -0.2) is 0 Å². The number of rotatable bonds is 7. The van der Waals surface area contributed by atoms with E-state index in [1.807, 2.05) is 6.07 Å². The van der Waals surface area contributed by atoms with Gasteiger partial charge in [0, 0.05) is 15.4 Å². The Morgan fingerprint density at radius 1 is 1.17 bits per heavy atom. The van der Waals surface area contributed by atoms with E-state index < -0.39 is 12.5 Å². The molecule has 2 aromatic carbocycles. The van der Waals surface area contributed by atoms with Crippen molar-refractivity contribution in [2.24, 2.45) is 15.4 Å². The fourth-order valence-electron chi connectivity index (χ4n) is 2.50.